The first-order valence-electron chi connectivity index (χ1n) is 6.68. The highest BCUT2D eigenvalue weighted by Gasteiger charge is 2.42. The Morgan fingerprint density at radius 2 is 2.15 bits per heavy atom. The fourth-order valence-electron chi connectivity index (χ4n) is 3.05. The van der Waals surface area contributed by atoms with Crippen molar-refractivity contribution in [3.63, 3.8) is 0 Å². The molecule has 0 amide bonds. The van der Waals surface area contributed by atoms with Crippen LogP contribution in [-0.4, -0.2) is 38.0 Å². The maximum absolute atomic E-state index is 12.9. The molecule has 1 aromatic carbocycles. The predicted molar refractivity (Wildman–Crippen MR) is 79.8 cm³/mol. The van der Waals surface area contributed by atoms with E-state index in [0.29, 0.717) is 17.6 Å². The van der Waals surface area contributed by atoms with Crippen LogP contribution in [-0.2, 0) is 14.8 Å². The largest absolute Gasteiger partial charge is 0.398 e. The number of hydrogen-bond donors (Lipinski definition) is 1. The smallest absolute Gasteiger partial charge is 0.245 e. The summed E-state index contributed by atoms with van der Waals surface area (Å²) in [4.78, 5) is 0.180. The normalized spacial score (nSPS) is 27.4. The van der Waals surface area contributed by atoms with Gasteiger partial charge in [-0.15, -0.1) is 0 Å². The quantitative estimate of drug-likeness (QED) is 0.818. The summed E-state index contributed by atoms with van der Waals surface area (Å²) < 4.78 is 33.7. The van der Waals surface area contributed by atoms with Crippen LogP contribution < -0.4 is 5.73 Å². The summed E-state index contributed by atoms with van der Waals surface area (Å²) in [5.74, 6) is 0. The Morgan fingerprint density at radius 3 is 2.95 bits per heavy atom. The molecule has 20 heavy (non-hydrogen) atoms. The molecule has 2 unspecified atom stereocenters. The fourth-order valence-corrected chi connectivity index (χ4v) is 5.37. The maximum atomic E-state index is 12.9. The zero-order chi connectivity index (χ0) is 14.3. The minimum absolute atomic E-state index is 0.0342. The van der Waals surface area contributed by atoms with Crippen LogP contribution in [0.4, 0.5) is 5.69 Å². The lowest BCUT2D eigenvalue weighted by molar-refractivity contribution is -0.0241. The summed E-state index contributed by atoms with van der Waals surface area (Å²) >= 11 is 3.31. The molecule has 1 saturated heterocycles. The van der Waals surface area contributed by atoms with Crippen LogP contribution in [0.2, 0.25) is 0 Å². The second-order valence-electron chi connectivity index (χ2n) is 5.21. The molecule has 1 aliphatic heterocycles. The maximum Gasteiger partial charge on any atom is 0.245 e. The Kier molecular flexibility index (Phi) is 3.79. The number of morpholine rings is 1. The zero-order valence-corrected chi connectivity index (χ0v) is 13.4. The lowest BCUT2D eigenvalue weighted by Crippen LogP contribution is -2.51. The SMILES string of the molecule is Nc1ccc(Br)cc1S(=O)(=O)N1CCOC2CCCC21. The van der Waals surface area contributed by atoms with Gasteiger partial charge in [-0.05, 0) is 37.5 Å². The Labute approximate surface area is 127 Å². The molecule has 0 bridgehead atoms. The van der Waals surface area contributed by atoms with Crippen molar-refractivity contribution in [2.75, 3.05) is 18.9 Å². The van der Waals surface area contributed by atoms with E-state index in [0.717, 1.165) is 19.3 Å². The zero-order valence-electron chi connectivity index (χ0n) is 11.0. The molecule has 0 radical (unpaired) electrons. The average Bonchev–Trinajstić information content (AvgIpc) is 2.89. The van der Waals surface area contributed by atoms with Gasteiger partial charge in [0.1, 0.15) is 4.90 Å². The van der Waals surface area contributed by atoms with Crippen LogP contribution in [0, 0.1) is 0 Å². The van der Waals surface area contributed by atoms with Crippen molar-refractivity contribution in [3.8, 4) is 0 Å². The fraction of sp³-hybridized carbons (Fsp3) is 0.538. The van der Waals surface area contributed by atoms with Gasteiger partial charge in [0.2, 0.25) is 10.0 Å². The number of benzene rings is 1. The second kappa shape index (κ2) is 5.29. The van der Waals surface area contributed by atoms with Crippen LogP contribution in [0.3, 0.4) is 0 Å². The van der Waals surface area contributed by atoms with Crippen molar-refractivity contribution in [2.24, 2.45) is 0 Å². The van der Waals surface area contributed by atoms with Crippen LogP contribution in [0.15, 0.2) is 27.6 Å². The lowest BCUT2D eigenvalue weighted by Gasteiger charge is -2.36. The molecule has 1 aliphatic carbocycles. The van der Waals surface area contributed by atoms with Crippen molar-refractivity contribution in [1.82, 2.24) is 4.31 Å². The van der Waals surface area contributed by atoms with Crippen LogP contribution in [0.5, 0.6) is 0 Å². The van der Waals surface area contributed by atoms with Gasteiger partial charge in [0.05, 0.1) is 24.4 Å². The molecule has 1 heterocycles. The molecule has 2 fully saturated rings. The van der Waals surface area contributed by atoms with Gasteiger partial charge in [0.15, 0.2) is 0 Å². The van der Waals surface area contributed by atoms with E-state index in [1.54, 1.807) is 22.5 Å². The van der Waals surface area contributed by atoms with E-state index in [-0.39, 0.29) is 22.7 Å². The summed E-state index contributed by atoms with van der Waals surface area (Å²) in [6.07, 6.45) is 2.84. The minimum Gasteiger partial charge on any atom is -0.398 e. The highest BCUT2D eigenvalue weighted by molar-refractivity contribution is 9.10. The second-order valence-corrected chi connectivity index (χ2v) is 7.98. The van der Waals surface area contributed by atoms with Crippen LogP contribution >= 0.6 is 15.9 Å². The van der Waals surface area contributed by atoms with Gasteiger partial charge >= 0.3 is 0 Å². The van der Waals surface area contributed by atoms with Gasteiger partial charge in [-0.1, -0.05) is 15.9 Å². The van der Waals surface area contributed by atoms with E-state index in [4.69, 9.17) is 10.5 Å². The number of fused-ring (bicyclic) bond motifs is 1. The molecule has 7 heteroatoms. The van der Waals surface area contributed by atoms with E-state index in [9.17, 15) is 8.42 Å². The van der Waals surface area contributed by atoms with Gasteiger partial charge in [-0.25, -0.2) is 8.42 Å². The standard InChI is InChI=1S/C13H17BrN2O3S/c14-9-4-5-10(15)13(8-9)20(17,18)16-6-7-19-12-3-1-2-11(12)16/h4-5,8,11-12H,1-3,6-7,15H2. The molecule has 2 N–H and O–H groups in total. The lowest BCUT2D eigenvalue weighted by atomic mass is 10.2. The van der Waals surface area contributed by atoms with Crippen molar-refractivity contribution in [2.45, 2.75) is 36.3 Å². The van der Waals surface area contributed by atoms with E-state index in [2.05, 4.69) is 15.9 Å². The van der Waals surface area contributed by atoms with Crippen LogP contribution in [0.25, 0.3) is 0 Å². The van der Waals surface area contributed by atoms with Crippen molar-refractivity contribution in [1.29, 1.82) is 0 Å². The highest BCUT2D eigenvalue weighted by Crippen LogP contribution is 2.35. The highest BCUT2D eigenvalue weighted by atomic mass is 79.9. The molecule has 1 saturated carbocycles. The van der Waals surface area contributed by atoms with Crippen molar-refractivity contribution >= 4 is 31.6 Å². The number of rotatable bonds is 2. The van der Waals surface area contributed by atoms with Crippen molar-refractivity contribution < 1.29 is 13.2 Å². The average molecular weight is 361 g/mol. The molecule has 5 nitrogen and oxygen atoms in total. The molecule has 110 valence electrons. The van der Waals surface area contributed by atoms with Gasteiger partial charge < -0.3 is 10.5 Å². The minimum atomic E-state index is -3.57. The molecular formula is C13H17BrN2O3S. The molecule has 2 aliphatic rings. The first-order chi connectivity index (χ1) is 9.50. The third-order valence-electron chi connectivity index (χ3n) is 3.99. The Hall–Kier alpha value is -0.630. The van der Waals surface area contributed by atoms with E-state index < -0.39 is 10.0 Å². The summed E-state index contributed by atoms with van der Waals surface area (Å²) in [5.41, 5.74) is 6.15. The van der Waals surface area contributed by atoms with Crippen molar-refractivity contribution in [3.05, 3.63) is 22.7 Å². The Balaban J connectivity index is 2.00. The number of anilines is 1. The number of hydrogen-bond acceptors (Lipinski definition) is 4. The molecule has 0 spiro atoms. The number of halogens is 1. The number of sulfonamides is 1. The molecular weight excluding hydrogens is 344 g/mol. The number of nitrogens with two attached hydrogens (primary N) is 1. The molecule has 0 aromatic heterocycles. The Morgan fingerprint density at radius 1 is 1.35 bits per heavy atom. The predicted octanol–water partition coefficient (Wildman–Crippen LogP) is 1.97. The summed E-state index contributed by atoms with van der Waals surface area (Å²) in [6.45, 7) is 0.851. The van der Waals surface area contributed by atoms with Gasteiger partial charge in [-0.3, -0.25) is 0 Å². The molecule has 1 aromatic rings. The van der Waals surface area contributed by atoms with E-state index in [1.165, 1.54) is 0 Å². The van der Waals surface area contributed by atoms with Gasteiger partial charge in [0, 0.05) is 11.0 Å². The van der Waals surface area contributed by atoms with Gasteiger partial charge in [0.25, 0.3) is 0 Å². The summed E-state index contributed by atoms with van der Waals surface area (Å²) in [5, 5.41) is 0. The molecule has 3 rings (SSSR count). The number of nitrogens with zero attached hydrogens (tertiary/aromatic N) is 1. The van der Waals surface area contributed by atoms with Gasteiger partial charge in [-0.2, -0.15) is 4.31 Å². The van der Waals surface area contributed by atoms with E-state index in [1.807, 2.05) is 0 Å². The number of nitrogen functional groups attached to an aromatic ring is 1. The summed E-state index contributed by atoms with van der Waals surface area (Å²) in [7, 11) is -3.57. The summed E-state index contributed by atoms with van der Waals surface area (Å²) in [6, 6.07) is 4.88. The third-order valence-corrected chi connectivity index (χ3v) is 6.47. The topological polar surface area (TPSA) is 72.6 Å². The first-order valence-corrected chi connectivity index (χ1v) is 8.92. The first kappa shape index (κ1) is 14.3. The number of ether oxygens (including phenoxy) is 1. The third kappa shape index (κ3) is 2.36. The Bertz CT molecular complexity index is 620. The monoisotopic (exact) mass is 360 g/mol. The van der Waals surface area contributed by atoms with Crippen LogP contribution in [0.1, 0.15) is 19.3 Å². The van der Waals surface area contributed by atoms with E-state index >= 15 is 0 Å². The molecule has 2 atom stereocenters.